The van der Waals surface area contributed by atoms with Crippen LogP contribution in [0.25, 0.3) is 0 Å². The highest BCUT2D eigenvalue weighted by atomic mass is 32.2. The average Bonchev–Trinajstić information content (AvgIpc) is 2.35. The predicted octanol–water partition coefficient (Wildman–Crippen LogP) is 2.85. The lowest BCUT2D eigenvalue weighted by Crippen LogP contribution is -2.03. The summed E-state index contributed by atoms with van der Waals surface area (Å²) >= 11 is 1.55. The maximum absolute atomic E-state index is 5.71. The summed E-state index contributed by atoms with van der Waals surface area (Å²) in [6.07, 6.45) is 0. The molecule has 100 valence electrons. The normalized spacial score (nSPS) is 10.4. The highest BCUT2D eigenvalue weighted by Crippen LogP contribution is 2.18. The maximum Gasteiger partial charge on any atom is 0.189 e. The van der Waals surface area contributed by atoms with Crippen molar-refractivity contribution in [2.45, 2.75) is 19.0 Å². The SMILES string of the molecule is Cc1cc(N)nc(SCCOc2ccccc2C)n1. The monoisotopic (exact) mass is 275 g/mol. The number of nitrogens with zero attached hydrogens (tertiary/aromatic N) is 2. The number of aryl methyl sites for hydroxylation is 2. The summed E-state index contributed by atoms with van der Waals surface area (Å²) in [6.45, 7) is 4.56. The van der Waals surface area contributed by atoms with E-state index in [2.05, 4.69) is 9.97 Å². The molecule has 0 saturated carbocycles. The first-order valence-electron chi connectivity index (χ1n) is 6.07. The van der Waals surface area contributed by atoms with Crippen LogP contribution in [0.2, 0.25) is 0 Å². The summed E-state index contributed by atoms with van der Waals surface area (Å²) in [4.78, 5) is 8.48. The standard InChI is InChI=1S/C14H17N3OS/c1-10-5-3-4-6-12(10)18-7-8-19-14-16-11(2)9-13(15)17-14/h3-6,9H,7-8H2,1-2H3,(H2,15,16,17). The van der Waals surface area contributed by atoms with Crippen molar-refractivity contribution in [2.75, 3.05) is 18.1 Å². The number of aromatic nitrogens is 2. The van der Waals surface area contributed by atoms with Crippen molar-refractivity contribution >= 4 is 17.6 Å². The van der Waals surface area contributed by atoms with Gasteiger partial charge in [0.05, 0.1) is 6.61 Å². The molecule has 0 bridgehead atoms. The van der Waals surface area contributed by atoms with Gasteiger partial charge in [0.15, 0.2) is 5.16 Å². The topological polar surface area (TPSA) is 61.0 Å². The van der Waals surface area contributed by atoms with Crippen LogP contribution in [0.4, 0.5) is 5.82 Å². The number of hydrogen-bond donors (Lipinski definition) is 1. The summed E-state index contributed by atoms with van der Waals surface area (Å²) in [6, 6.07) is 9.74. The zero-order valence-corrected chi connectivity index (χ0v) is 11.9. The molecule has 0 spiro atoms. The summed E-state index contributed by atoms with van der Waals surface area (Å²) < 4.78 is 5.71. The highest BCUT2D eigenvalue weighted by molar-refractivity contribution is 7.99. The molecular weight excluding hydrogens is 258 g/mol. The lowest BCUT2D eigenvalue weighted by Gasteiger charge is -2.08. The third-order valence-corrected chi connectivity index (χ3v) is 3.33. The van der Waals surface area contributed by atoms with E-state index in [1.54, 1.807) is 17.8 Å². The van der Waals surface area contributed by atoms with E-state index in [-0.39, 0.29) is 0 Å². The second-order valence-electron chi connectivity index (χ2n) is 4.18. The van der Waals surface area contributed by atoms with Gasteiger partial charge in [0.25, 0.3) is 0 Å². The molecule has 0 aliphatic heterocycles. The summed E-state index contributed by atoms with van der Waals surface area (Å²) in [5.41, 5.74) is 7.71. The van der Waals surface area contributed by atoms with Crippen molar-refractivity contribution in [1.29, 1.82) is 0 Å². The van der Waals surface area contributed by atoms with Crippen molar-refractivity contribution in [3.8, 4) is 5.75 Å². The van der Waals surface area contributed by atoms with Crippen LogP contribution in [0.15, 0.2) is 35.5 Å². The van der Waals surface area contributed by atoms with Crippen LogP contribution in [-0.4, -0.2) is 22.3 Å². The van der Waals surface area contributed by atoms with Crippen molar-refractivity contribution in [3.05, 3.63) is 41.6 Å². The first kappa shape index (κ1) is 13.7. The first-order valence-corrected chi connectivity index (χ1v) is 7.06. The molecule has 19 heavy (non-hydrogen) atoms. The van der Waals surface area contributed by atoms with E-state index < -0.39 is 0 Å². The Morgan fingerprint density at radius 1 is 1.21 bits per heavy atom. The number of benzene rings is 1. The molecule has 0 radical (unpaired) electrons. The maximum atomic E-state index is 5.71. The fraction of sp³-hybridized carbons (Fsp3) is 0.286. The Bertz CT molecular complexity index is 540. The van der Waals surface area contributed by atoms with E-state index in [0.717, 1.165) is 22.8 Å². The molecule has 0 fully saturated rings. The minimum Gasteiger partial charge on any atom is -0.492 e. The molecule has 2 N–H and O–H groups in total. The van der Waals surface area contributed by atoms with Crippen molar-refractivity contribution in [3.63, 3.8) is 0 Å². The van der Waals surface area contributed by atoms with Crippen molar-refractivity contribution in [1.82, 2.24) is 9.97 Å². The molecule has 5 heteroatoms. The molecule has 2 aromatic rings. The number of hydrogen-bond acceptors (Lipinski definition) is 5. The zero-order valence-electron chi connectivity index (χ0n) is 11.1. The smallest absolute Gasteiger partial charge is 0.189 e. The number of anilines is 1. The Kier molecular flexibility index (Phi) is 4.63. The van der Waals surface area contributed by atoms with Gasteiger partial charge >= 0.3 is 0 Å². The zero-order chi connectivity index (χ0) is 13.7. The van der Waals surface area contributed by atoms with Gasteiger partial charge in [0.1, 0.15) is 11.6 Å². The Labute approximate surface area is 117 Å². The fourth-order valence-corrected chi connectivity index (χ4v) is 2.36. The van der Waals surface area contributed by atoms with Crippen LogP contribution in [-0.2, 0) is 0 Å². The number of rotatable bonds is 5. The molecule has 0 saturated heterocycles. The van der Waals surface area contributed by atoms with Crippen molar-refractivity contribution < 1.29 is 4.74 Å². The van der Waals surface area contributed by atoms with Gasteiger partial charge in [-0.25, -0.2) is 9.97 Å². The predicted molar refractivity (Wildman–Crippen MR) is 78.6 cm³/mol. The molecular formula is C14H17N3OS. The van der Waals surface area contributed by atoms with Gasteiger partial charge in [0.2, 0.25) is 0 Å². The Hall–Kier alpha value is -1.75. The van der Waals surface area contributed by atoms with Crippen LogP contribution < -0.4 is 10.5 Å². The molecule has 0 aliphatic rings. The first-order chi connectivity index (χ1) is 9.15. The van der Waals surface area contributed by atoms with Crippen LogP contribution in [0.1, 0.15) is 11.3 Å². The van der Waals surface area contributed by atoms with E-state index >= 15 is 0 Å². The van der Waals surface area contributed by atoms with Gasteiger partial charge in [0, 0.05) is 17.5 Å². The van der Waals surface area contributed by atoms with E-state index in [4.69, 9.17) is 10.5 Å². The lowest BCUT2D eigenvalue weighted by atomic mass is 10.2. The third kappa shape index (κ3) is 4.13. The Balaban J connectivity index is 1.82. The Morgan fingerprint density at radius 2 is 2.00 bits per heavy atom. The summed E-state index contributed by atoms with van der Waals surface area (Å²) in [5.74, 6) is 2.22. The van der Waals surface area contributed by atoms with Gasteiger partial charge in [-0.1, -0.05) is 30.0 Å². The summed E-state index contributed by atoms with van der Waals surface area (Å²) in [5, 5.41) is 0.700. The number of para-hydroxylation sites is 1. The molecule has 4 nitrogen and oxygen atoms in total. The Morgan fingerprint density at radius 3 is 2.74 bits per heavy atom. The molecule has 1 aromatic carbocycles. The van der Waals surface area contributed by atoms with E-state index in [1.807, 2.05) is 38.1 Å². The van der Waals surface area contributed by atoms with E-state index in [0.29, 0.717) is 17.6 Å². The third-order valence-electron chi connectivity index (χ3n) is 2.52. The minimum atomic E-state index is 0.509. The van der Waals surface area contributed by atoms with Crippen LogP contribution in [0.3, 0.4) is 0 Å². The average molecular weight is 275 g/mol. The second-order valence-corrected chi connectivity index (χ2v) is 5.24. The molecule has 1 heterocycles. The van der Waals surface area contributed by atoms with Gasteiger partial charge in [-0.05, 0) is 25.5 Å². The number of thioether (sulfide) groups is 1. The van der Waals surface area contributed by atoms with Crippen molar-refractivity contribution in [2.24, 2.45) is 0 Å². The molecule has 2 rings (SSSR count). The van der Waals surface area contributed by atoms with Crippen LogP contribution >= 0.6 is 11.8 Å². The molecule has 0 atom stereocenters. The molecule has 0 unspecified atom stereocenters. The van der Waals surface area contributed by atoms with Crippen LogP contribution in [0.5, 0.6) is 5.75 Å². The molecule has 0 amide bonds. The molecule has 1 aromatic heterocycles. The van der Waals surface area contributed by atoms with Gasteiger partial charge < -0.3 is 10.5 Å². The number of nitrogen functional groups attached to an aromatic ring is 1. The van der Waals surface area contributed by atoms with E-state index in [1.165, 1.54) is 0 Å². The van der Waals surface area contributed by atoms with Gasteiger partial charge in [-0.3, -0.25) is 0 Å². The number of ether oxygens (including phenoxy) is 1. The van der Waals surface area contributed by atoms with E-state index in [9.17, 15) is 0 Å². The largest absolute Gasteiger partial charge is 0.492 e. The fourth-order valence-electron chi connectivity index (χ4n) is 1.63. The van der Waals surface area contributed by atoms with Crippen LogP contribution in [0, 0.1) is 13.8 Å². The minimum absolute atomic E-state index is 0.509. The number of nitrogens with two attached hydrogens (primary N) is 1. The lowest BCUT2D eigenvalue weighted by molar-refractivity contribution is 0.341. The molecule has 0 aliphatic carbocycles. The van der Waals surface area contributed by atoms with Gasteiger partial charge in [-0.15, -0.1) is 0 Å². The quantitative estimate of drug-likeness (QED) is 0.516. The second kappa shape index (κ2) is 6.43. The highest BCUT2D eigenvalue weighted by Gasteiger charge is 2.02. The summed E-state index contributed by atoms with van der Waals surface area (Å²) in [7, 11) is 0. The van der Waals surface area contributed by atoms with Gasteiger partial charge in [-0.2, -0.15) is 0 Å².